The lowest BCUT2D eigenvalue weighted by Gasteiger charge is -2.25. The van der Waals surface area contributed by atoms with Gasteiger partial charge in [0.1, 0.15) is 0 Å². The Hall–Kier alpha value is -1.64. The molecule has 0 radical (unpaired) electrons. The van der Waals surface area contributed by atoms with Crippen molar-refractivity contribution in [1.82, 2.24) is 4.98 Å². The summed E-state index contributed by atoms with van der Waals surface area (Å²) >= 11 is 5.65. The number of rotatable bonds is 2. The van der Waals surface area contributed by atoms with Crippen LogP contribution in [0, 0.1) is 0 Å². The molecule has 1 aliphatic rings. The molecule has 25 heavy (non-hydrogen) atoms. The minimum atomic E-state index is -4.86. The molecular formula is C15H19ClF5N3O. The van der Waals surface area contributed by atoms with Crippen molar-refractivity contribution in [2.24, 2.45) is 5.73 Å². The quantitative estimate of drug-likeness (QED) is 0.760. The van der Waals surface area contributed by atoms with Crippen molar-refractivity contribution in [3.63, 3.8) is 0 Å². The molecule has 4 nitrogen and oxygen atoms in total. The maximum atomic E-state index is 13.4. The van der Waals surface area contributed by atoms with E-state index in [1.165, 1.54) is 4.90 Å². The van der Waals surface area contributed by atoms with Crippen LogP contribution in [0.15, 0.2) is 6.20 Å². The molecule has 142 valence electrons. The van der Waals surface area contributed by atoms with E-state index < -0.39 is 40.7 Å². The third-order valence-electron chi connectivity index (χ3n) is 3.57. The van der Waals surface area contributed by atoms with Gasteiger partial charge < -0.3 is 10.6 Å². The normalized spacial score (nSPS) is 17.4. The number of hydrogen-bond donors (Lipinski definition) is 1. The summed E-state index contributed by atoms with van der Waals surface area (Å²) in [7, 11) is 0. The van der Waals surface area contributed by atoms with Crippen LogP contribution in [0.1, 0.15) is 49.2 Å². The molecule has 1 aromatic heterocycles. The molecule has 1 amide bonds. The Labute approximate surface area is 147 Å². The van der Waals surface area contributed by atoms with E-state index in [4.69, 9.17) is 17.3 Å². The second kappa shape index (κ2) is 8.16. The number of amides is 1. The zero-order chi connectivity index (χ0) is 19.4. The van der Waals surface area contributed by atoms with E-state index in [-0.39, 0.29) is 31.6 Å². The van der Waals surface area contributed by atoms with Crippen LogP contribution in [0.3, 0.4) is 0 Å². The van der Waals surface area contributed by atoms with E-state index in [1.54, 1.807) is 0 Å². The summed E-state index contributed by atoms with van der Waals surface area (Å²) in [6.07, 6.45) is -4.76. The number of primary amides is 1. The van der Waals surface area contributed by atoms with E-state index in [0.29, 0.717) is 0 Å². The Kier molecular flexibility index (Phi) is 6.99. The van der Waals surface area contributed by atoms with Crippen LogP contribution in [0.25, 0.3) is 0 Å². The molecule has 0 aromatic carbocycles. The van der Waals surface area contributed by atoms with Gasteiger partial charge in [-0.25, -0.2) is 13.8 Å². The largest absolute Gasteiger partial charge is 0.434 e. The number of nitrogens with two attached hydrogens (primary N) is 1. The van der Waals surface area contributed by atoms with Crippen LogP contribution in [0.2, 0.25) is 5.02 Å². The fraction of sp³-hybridized carbons (Fsp3) is 0.600. The first-order valence-corrected chi connectivity index (χ1v) is 8.09. The fourth-order valence-corrected chi connectivity index (χ4v) is 2.80. The maximum Gasteiger partial charge on any atom is 0.434 e. The van der Waals surface area contributed by atoms with Gasteiger partial charge in [0, 0.05) is 25.9 Å². The van der Waals surface area contributed by atoms with Gasteiger partial charge in [0.25, 0.3) is 5.91 Å². The average Bonchev–Trinajstić information content (AvgIpc) is 2.68. The van der Waals surface area contributed by atoms with Gasteiger partial charge in [-0.2, -0.15) is 13.2 Å². The third-order valence-corrected chi connectivity index (χ3v) is 3.94. The lowest BCUT2D eigenvalue weighted by atomic mass is 10.1. The number of pyridine rings is 1. The number of aromatic nitrogens is 1. The number of carbonyl (C=O) groups is 1. The highest BCUT2D eigenvalue weighted by Gasteiger charge is 2.39. The van der Waals surface area contributed by atoms with Crippen molar-refractivity contribution >= 4 is 23.2 Å². The van der Waals surface area contributed by atoms with Gasteiger partial charge in [0.05, 0.1) is 22.5 Å². The topological polar surface area (TPSA) is 59.2 Å². The molecule has 0 saturated carbocycles. The van der Waals surface area contributed by atoms with Crippen molar-refractivity contribution in [3.05, 3.63) is 22.5 Å². The smallest absolute Gasteiger partial charge is 0.369 e. The van der Waals surface area contributed by atoms with Crippen molar-refractivity contribution in [2.75, 3.05) is 18.0 Å². The Morgan fingerprint density at radius 1 is 1.28 bits per heavy atom. The van der Waals surface area contributed by atoms with Crippen molar-refractivity contribution < 1.29 is 26.7 Å². The minimum Gasteiger partial charge on any atom is -0.369 e. The summed E-state index contributed by atoms with van der Waals surface area (Å²) in [6, 6.07) is 0. The van der Waals surface area contributed by atoms with Gasteiger partial charge in [0.15, 0.2) is 5.69 Å². The standard InChI is InChI=1S/C13H13ClF5N3O.C2H6/c14-9-8(11(20)23)7(6-21-10(9)13(17,18)19)22-4-1-2-12(15,16)3-5-22;1-2/h6H,1-5H2,(H2,20,23);1-2H3. The zero-order valence-corrected chi connectivity index (χ0v) is 14.5. The van der Waals surface area contributed by atoms with Crippen LogP contribution < -0.4 is 10.6 Å². The van der Waals surface area contributed by atoms with E-state index in [9.17, 15) is 26.7 Å². The average molecular weight is 388 g/mol. The lowest BCUT2D eigenvalue weighted by Crippen LogP contribution is -2.29. The molecule has 1 aliphatic heterocycles. The van der Waals surface area contributed by atoms with Crippen LogP contribution in [-0.2, 0) is 6.18 Å². The van der Waals surface area contributed by atoms with E-state index in [1.807, 2.05) is 13.8 Å². The highest BCUT2D eigenvalue weighted by atomic mass is 35.5. The monoisotopic (exact) mass is 387 g/mol. The minimum absolute atomic E-state index is 0.0619. The molecule has 10 heteroatoms. The predicted octanol–water partition coefficient (Wildman–Crippen LogP) is 4.50. The maximum absolute atomic E-state index is 13.4. The van der Waals surface area contributed by atoms with Crippen LogP contribution in [-0.4, -0.2) is 29.9 Å². The van der Waals surface area contributed by atoms with Crippen molar-refractivity contribution in [2.45, 2.75) is 45.2 Å². The number of carbonyl (C=O) groups excluding carboxylic acids is 1. The van der Waals surface area contributed by atoms with E-state index in [0.717, 1.165) is 6.20 Å². The van der Waals surface area contributed by atoms with Gasteiger partial charge in [-0.1, -0.05) is 25.4 Å². The molecule has 1 fully saturated rings. The Balaban J connectivity index is 0.00000151. The number of hydrogen-bond acceptors (Lipinski definition) is 3. The van der Waals surface area contributed by atoms with Crippen LogP contribution in [0.4, 0.5) is 27.6 Å². The molecule has 0 bridgehead atoms. The number of alkyl halides is 5. The van der Waals surface area contributed by atoms with Gasteiger partial charge in [-0.3, -0.25) is 4.79 Å². The third kappa shape index (κ3) is 5.17. The lowest BCUT2D eigenvalue weighted by molar-refractivity contribution is -0.141. The second-order valence-corrected chi connectivity index (χ2v) is 5.62. The first-order chi connectivity index (χ1) is 11.5. The molecule has 1 aromatic rings. The molecule has 2 N–H and O–H groups in total. The first kappa shape index (κ1) is 21.4. The Bertz CT molecular complexity index is 622. The molecule has 0 spiro atoms. The summed E-state index contributed by atoms with van der Waals surface area (Å²) in [5.74, 6) is -4.03. The van der Waals surface area contributed by atoms with Crippen LogP contribution in [0.5, 0.6) is 0 Å². The molecule has 0 unspecified atom stereocenters. The molecule has 2 heterocycles. The molecular weight excluding hydrogens is 369 g/mol. The first-order valence-electron chi connectivity index (χ1n) is 7.71. The molecule has 1 saturated heterocycles. The van der Waals surface area contributed by atoms with Gasteiger partial charge >= 0.3 is 6.18 Å². The van der Waals surface area contributed by atoms with Crippen molar-refractivity contribution in [3.8, 4) is 0 Å². The van der Waals surface area contributed by atoms with Crippen molar-refractivity contribution in [1.29, 1.82) is 0 Å². The summed E-state index contributed by atoms with van der Waals surface area (Å²) in [5.41, 5.74) is 3.08. The van der Waals surface area contributed by atoms with Crippen LogP contribution >= 0.6 is 11.6 Å². The second-order valence-electron chi connectivity index (χ2n) is 5.24. The van der Waals surface area contributed by atoms with E-state index in [2.05, 4.69) is 4.98 Å². The number of halogens is 6. The number of anilines is 1. The fourth-order valence-electron chi connectivity index (χ4n) is 2.45. The predicted molar refractivity (Wildman–Crippen MR) is 85.1 cm³/mol. The molecule has 2 rings (SSSR count). The highest BCUT2D eigenvalue weighted by molar-refractivity contribution is 6.35. The summed E-state index contributed by atoms with van der Waals surface area (Å²) < 4.78 is 65.3. The summed E-state index contributed by atoms with van der Waals surface area (Å²) in [4.78, 5) is 16.1. The highest BCUT2D eigenvalue weighted by Crippen LogP contribution is 2.39. The Morgan fingerprint density at radius 2 is 1.88 bits per heavy atom. The Morgan fingerprint density at radius 3 is 2.40 bits per heavy atom. The van der Waals surface area contributed by atoms with Gasteiger partial charge in [0.2, 0.25) is 5.92 Å². The summed E-state index contributed by atoms with van der Waals surface area (Å²) in [6.45, 7) is 4.00. The SMILES string of the molecule is CC.NC(=O)c1c(N2CCCC(F)(F)CC2)cnc(C(F)(F)F)c1Cl. The number of nitrogens with zero attached hydrogens (tertiary/aromatic N) is 2. The summed E-state index contributed by atoms with van der Waals surface area (Å²) in [5, 5.41) is -0.918. The zero-order valence-electron chi connectivity index (χ0n) is 13.8. The van der Waals surface area contributed by atoms with Gasteiger partial charge in [-0.05, 0) is 6.42 Å². The molecule has 0 atom stereocenters. The van der Waals surface area contributed by atoms with E-state index >= 15 is 0 Å². The van der Waals surface area contributed by atoms with Gasteiger partial charge in [-0.15, -0.1) is 0 Å². The molecule has 0 aliphatic carbocycles.